The van der Waals surface area contributed by atoms with Crippen LogP contribution in [0.3, 0.4) is 0 Å². The third-order valence-electron chi connectivity index (χ3n) is 7.18. The number of anilines is 1. The molecule has 2 amide bonds. The summed E-state index contributed by atoms with van der Waals surface area (Å²) in [5.74, 6) is -0.804. The van der Waals surface area contributed by atoms with Gasteiger partial charge in [0.2, 0.25) is 11.8 Å². The Morgan fingerprint density at radius 2 is 1.34 bits per heavy atom. The molecule has 7 nitrogen and oxygen atoms in total. The van der Waals surface area contributed by atoms with Gasteiger partial charge in [0, 0.05) is 23.5 Å². The summed E-state index contributed by atoms with van der Waals surface area (Å²) >= 11 is 3.46. The molecule has 230 valence electrons. The molecule has 1 atom stereocenters. The van der Waals surface area contributed by atoms with Crippen molar-refractivity contribution in [2.75, 3.05) is 10.8 Å². The average molecular weight is 677 g/mol. The second-order valence-electron chi connectivity index (χ2n) is 11.2. The largest absolute Gasteiger partial charge is 0.352 e. The first-order valence-electron chi connectivity index (χ1n) is 14.5. The number of benzene rings is 4. The Morgan fingerprint density at radius 3 is 1.91 bits per heavy atom. The molecule has 1 N–H and O–H groups in total. The number of carbonyl (C=O) groups excluding carboxylic acids is 2. The van der Waals surface area contributed by atoms with Crippen molar-refractivity contribution in [1.82, 2.24) is 10.2 Å². The van der Waals surface area contributed by atoms with E-state index in [1.165, 1.54) is 4.90 Å². The van der Waals surface area contributed by atoms with Gasteiger partial charge in [-0.05, 0) is 75.2 Å². The fraction of sp³-hybridized carbons (Fsp3) is 0.257. The molecular formula is C35H38BrN3O4S. The summed E-state index contributed by atoms with van der Waals surface area (Å²) in [5, 5.41) is 2.97. The van der Waals surface area contributed by atoms with E-state index in [1.54, 1.807) is 36.4 Å². The highest BCUT2D eigenvalue weighted by molar-refractivity contribution is 9.10. The maximum Gasteiger partial charge on any atom is 0.264 e. The van der Waals surface area contributed by atoms with Gasteiger partial charge in [0.25, 0.3) is 10.0 Å². The van der Waals surface area contributed by atoms with Gasteiger partial charge >= 0.3 is 0 Å². The zero-order valence-corrected chi connectivity index (χ0v) is 27.8. The zero-order chi connectivity index (χ0) is 31.9. The molecule has 9 heteroatoms. The Hall–Kier alpha value is -3.95. The second kappa shape index (κ2) is 14.7. The zero-order valence-electron chi connectivity index (χ0n) is 25.4. The number of amides is 2. The summed E-state index contributed by atoms with van der Waals surface area (Å²) in [5.41, 5.74) is 3.92. The molecule has 0 unspecified atom stereocenters. The number of sulfonamides is 1. The lowest BCUT2D eigenvalue weighted by molar-refractivity contribution is -0.140. The van der Waals surface area contributed by atoms with Crippen molar-refractivity contribution in [3.63, 3.8) is 0 Å². The van der Waals surface area contributed by atoms with Crippen molar-refractivity contribution in [3.8, 4) is 0 Å². The first-order valence-corrected chi connectivity index (χ1v) is 16.7. The lowest BCUT2D eigenvalue weighted by Crippen LogP contribution is -2.54. The lowest BCUT2D eigenvalue weighted by Gasteiger charge is -2.34. The topological polar surface area (TPSA) is 86.8 Å². The minimum atomic E-state index is -4.14. The smallest absolute Gasteiger partial charge is 0.264 e. The highest BCUT2D eigenvalue weighted by atomic mass is 79.9. The first kappa shape index (κ1) is 33.0. The molecule has 0 spiro atoms. The molecule has 44 heavy (non-hydrogen) atoms. The first-order chi connectivity index (χ1) is 20.9. The van der Waals surface area contributed by atoms with Crippen molar-refractivity contribution in [2.45, 2.75) is 57.6 Å². The minimum absolute atomic E-state index is 0.0781. The van der Waals surface area contributed by atoms with Crippen LogP contribution in [0.25, 0.3) is 0 Å². The van der Waals surface area contributed by atoms with Gasteiger partial charge in [-0.15, -0.1) is 0 Å². The van der Waals surface area contributed by atoms with Crippen LogP contribution in [0.1, 0.15) is 36.1 Å². The Morgan fingerprint density at radius 1 is 0.773 bits per heavy atom. The average Bonchev–Trinajstić information content (AvgIpc) is 2.99. The normalized spacial score (nSPS) is 12.0. The van der Waals surface area contributed by atoms with E-state index >= 15 is 0 Å². The molecule has 0 aromatic heterocycles. The molecule has 0 radical (unpaired) electrons. The molecule has 0 saturated heterocycles. The van der Waals surface area contributed by atoms with E-state index < -0.39 is 28.5 Å². The standard InChI is InChI=1S/C35H38BrN3O4S/c1-25(2)37-35(41)33(22-28-8-6-5-7-9-28)38(23-29-14-16-30(36)17-15-29)34(40)24-39(31-18-10-26(3)11-19-31)44(42,43)32-20-12-27(4)13-21-32/h5-21,25,33H,22-24H2,1-4H3,(H,37,41)/t33-/m0/s1. The molecule has 4 aromatic carbocycles. The van der Waals surface area contributed by atoms with Crippen LogP contribution in [0.15, 0.2) is 112 Å². The van der Waals surface area contributed by atoms with Crippen LogP contribution in [0.5, 0.6) is 0 Å². The molecule has 0 bridgehead atoms. The molecule has 0 fully saturated rings. The van der Waals surface area contributed by atoms with Crippen LogP contribution in [-0.4, -0.2) is 43.8 Å². The molecule has 0 aliphatic heterocycles. The predicted molar refractivity (Wildman–Crippen MR) is 179 cm³/mol. The summed E-state index contributed by atoms with van der Waals surface area (Å²) in [6.07, 6.45) is 0.261. The summed E-state index contributed by atoms with van der Waals surface area (Å²) in [6, 6.07) is 29.5. The number of nitrogens with one attached hydrogen (secondary N) is 1. The van der Waals surface area contributed by atoms with Crippen LogP contribution >= 0.6 is 15.9 Å². The molecule has 0 saturated carbocycles. The number of carbonyl (C=O) groups is 2. The van der Waals surface area contributed by atoms with E-state index in [9.17, 15) is 18.0 Å². The predicted octanol–water partition coefficient (Wildman–Crippen LogP) is 6.43. The monoisotopic (exact) mass is 675 g/mol. The van der Waals surface area contributed by atoms with E-state index in [0.29, 0.717) is 5.69 Å². The number of aryl methyl sites for hydroxylation is 2. The minimum Gasteiger partial charge on any atom is -0.352 e. The summed E-state index contributed by atoms with van der Waals surface area (Å²) in [7, 11) is -4.14. The molecule has 0 aliphatic carbocycles. The maximum atomic E-state index is 14.4. The number of nitrogens with zero attached hydrogens (tertiary/aromatic N) is 2. The SMILES string of the molecule is Cc1ccc(N(CC(=O)N(Cc2ccc(Br)cc2)[C@@H](Cc2ccccc2)C(=O)NC(C)C)S(=O)(=O)c2ccc(C)cc2)cc1. The summed E-state index contributed by atoms with van der Waals surface area (Å²) < 4.78 is 30.2. The fourth-order valence-electron chi connectivity index (χ4n) is 4.80. The molecule has 4 rings (SSSR count). The number of hydrogen-bond donors (Lipinski definition) is 1. The van der Waals surface area contributed by atoms with Crippen molar-refractivity contribution < 1.29 is 18.0 Å². The van der Waals surface area contributed by atoms with Crippen LogP contribution in [0, 0.1) is 13.8 Å². The molecular weight excluding hydrogens is 638 g/mol. The lowest BCUT2D eigenvalue weighted by atomic mass is 10.0. The van der Waals surface area contributed by atoms with Crippen LogP contribution in [0.2, 0.25) is 0 Å². The van der Waals surface area contributed by atoms with Gasteiger partial charge in [-0.25, -0.2) is 8.42 Å². The summed E-state index contributed by atoms with van der Waals surface area (Å²) in [4.78, 5) is 29.8. The Balaban J connectivity index is 1.79. The Bertz CT molecular complexity index is 1660. The van der Waals surface area contributed by atoms with Crippen molar-refractivity contribution in [3.05, 3.63) is 130 Å². The van der Waals surface area contributed by atoms with Crippen LogP contribution in [-0.2, 0) is 32.6 Å². The van der Waals surface area contributed by atoms with E-state index in [4.69, 9.17) is 0 Å². The van der Waals surface area contributed by atoms with Gasteiger partial charge in [-0.2, -0.15) is 0 Å². The fourth-order valence-corrected chi connectivity index (χ4v) is 6.48. The highest BCUT2D eigenvalue weighted by Gasteiger charge is 2.34. The van der Waals surface area contributed by atoms with Crippen LogP contribution in [0.4, 0.5) is 5.69 Å². The van der Waals surface area contributed by atoms with E-state index in [2.05, 4.69) is 21.2 Å². The molecule has 0 heterocycles. The van der Waals surface area contributed by atoms with Gasteiger partial charge in [0.05, 0.1) is 10.6 Å². The number of hydrogen-bond acceptors (Lipinski definition) is 4. The van der Waals surface area contributed by atoms with Crippen molar-refractivity contribution in [1.29, 1.82) is 0 Å². The quantitative estimate of drug-likeness (QED) is 0.188. The summed E-state index contributed by atoms with van der Waals surface area (Å²) in [6.45, 7) is 7.15. The van der Waals surface area contributed by atoms with Crippen molar-refractivity contribution in [2.24, 2.45) is 0 Å². The Kier molecular flexibility index (Phi) is 11.0. The molecule has 4 aromatic rings. The van der Waals surface area contributed by atoms with Gasteiger partial charge < -0.3 is 10.2 Å². The maximum absolute atomic E-state index is 14.4. The second-order valence-corrected chi connectivity index (χ2v) is 14.0. The Labute approximate surface area is 269 Å². The van der Waals surface area contributed by atoms with Gasteiger partial charge in [-0.3, -0.25) is 13.9 Å². The van der Waals surface area contributed by atoms with Crippen LogP contribution < -0.4 is 9.62 Å². The number of halogens is 1. The van der Waals surface area contributed by atoms with Gasteiger partial charge in [0.1, 0.15) is 12.6 Å². The van der Waals surface area contributed by atoms with Crippen molar-refractivity contribution >= 4 is 43.5 Å². The number of rotatable bonds is 12. The highest BCUT2D eigenvalue weighted by Crippen LogP contribution is 2.26. The van der Waals surface area contributed by atoms with Gasteiger partial charge in [-0.1, -0.05) is 93.8 Å². The third kappa shape index (κ3) is 8.57. The van der Waals surface area contributed by atoms with E-state index in [-0.39, 0.29) is 29.8 Å². The third-order valence-corrected chi connectivity index (χ3v) is 9.49. The van der Waals surface area contributed by atoms with E-state index in [1.807, 2.05) is 94.4 Å². The molecule has 0 aliphatic rings. The van der Waals surface area contributed by atoms with Gasteiger partial charge in [0.15, 0.2) is 0 Å². The van der Waals surface area contributed by atoms with E-state index in [0.717, 1.165) is 31.0 Å².